The van der Waals surface area contributed by atoms with E-state index in [1.54, 1.807) is 12.0 Å². The van der Waals surface area contributed by atoms with Gasteiger partial charge in [0.2, 0.25) is 0 Å². The van der Waals surface area contributed by atoms with Crippen molar-refractivity contribution in [3.63, 3.8) is 0 Å². The number of fused-ring (bicyclic) bond motifs is 1. The van der Waals surface area contributed by atoms with E-state index in [0.29, 0.717) is 29.7 Å². The van der Waals surface area contributed by atoms with Gasteiger partial charge in [-0.25, -0.2) is 4.98 Å². The zero-order chi connectivity index (χ0) is 17.8. The summed E-state index contributed by atoms with van der Waals surface area (Å²) in [5, 5.41) is 3.35. The number of aromatic nitrogens is 1. The molecule has 1 amide bonds. The van der Waals surface area contributed by atoms with Crippen molar-refractivity contribution in [2.24, 2.45) is 0 Å². The van der Waals surface area contributed by atoms with E-state index in [4.69, 9.17) is 16.3 Å². The number of pyridine rings is 1. The van der Waals surface area contributed by atoms with Gasteiger partial charge in [0.15, 0.2) is 0 Å². The molecule has 0 atom stereocenters. The molecule has 3 rings (SSSR count). The number of carbonyl (C=O) groups excluding carboxylic acids is 1. The second-order valence-electron chi connectivity index (χ2n) is 5.83. The molecule has 6 heteroatoms. The summed E-state index contributed by atoms with van der Waals surface area (Å²) in [7, 11) is 1.63. The highest BCUT2D eigenvalue weighted by atomic mass is 35.5. The minimum absolute atomic E-state index is 0.0209. The maximum atomic E-state index is 12.8. The zero-order valence-corrected chi connectivity index (χ0v) is 15.7. The number of hydrogen-bond acceptors (Lipinski definition) is 4. The number of benzene rings is 1. The Hall–Kier alpha value is -1.95. The Kier molecular flexibility index (Phi) is 5.68. The third-order valence-electron chi connectivity index (χ3n) is 3.94. The van der Waals surface area contributed by atoms with Gasteiger partial charge in [-0.15, -0.1) is 11.3 Å². The van der Waals surface area contributed by atoms with Crippen LogP contribution in [0.2, 0.25) is 5.15 Å². The number of ether oxygens (including phenoxy) is 1. The van der Waals surface area contributed by atoms with Gasteiger partial charge in [0.1, 0.15) is 5.15 Å². The predicted molar refractivity (Wildman–Crippen MR) is 102 cm³/mol. The van der Waals surface area contributed by atoms with Gasteiger partial charge in [-0.3, -0.25) is 4.79 Å². The van der Waals surface area contributed by atoms with Crippen molar-refractivity contribution in [3.05, 3.63) is 62.9 Å². The number of nitrogens with zero attached hydrogens (tertiary/aromatic N) is 2. The number of rotatable bonds is 6. The van der Waals surface area contributed by atoms with Crippen LogP contribution in [0.4, 0.5) is 0 Å². The van der Waals surface area contributed by atoms with Crippen LogP contribution < -0.4 is 0 Å². The van der Waals surface area contributed by atoms with Gasteiger partial charge in [-0.2, -0.15) is 0 Å². The molecule has 0 fully saturated rings. The molecule has 0 spiro atoms. The maximum absolute atomic E-state index is 12.8. The average Bonchev–Trinajstić information content (AvgIpc) is 3.13. The number of carbonyl (C=O) groups is 1. The fraction of sp³-hybridized carbons (Fsp3) is 0.263. The van der Waals surface area contributed by atoms with Gasteiger partial charge >= 0.3 is 0 Å². The normalized spacial score (nSPS) is 11.0. The Balaban J connectivity index is 1.91. The van der Waals surface area contributed by atoms with Crippen molar-refractivity contribution in [2.45, 2.75) is 13.5 Å². The zero-order valence-electron chi connectivity index (χ0n) is 14.2. The van der Waals surface area contributed by atoms with Crippen molar-refractivity contribution in [1.82, 2.24) is 9.88 Å². The number of hydrogen-bond donors (Lipinski definition) is 0. The highest BCUT2D eigenvalue weighted by Gasteiger charge is 2.18. The van der Waals surface area contributed by atoms with Crippen LogP contribution in [-0.2, 0) is 11.3 Å². The predicted octanol–water partition coefficient (Wildman–Crippen LogP) is 4.55. The smallest absolute Gasteiger partial charge is 0.264 e. The largest absolute Gasteiger partial charge is 0.383 e. The Labute approximate surface area is 156 Å². The lowest BCUT2D eigenvalue weighted by atomic mass is 10.1. The molecule has 0 radical (unpaired) electrons. The van der Waals surface area contributed by atoms with Crippen LogP contribution in [-0.4, -0.2) is 36.1 Å². The van der Waals surface area contributed by atoms with Crippen molar-refractivity contribution >= 4 is 39.7 Å². The summed E-state index contributed by atoms with van der Waals surface area (Å²) >= 11 is 7.80. The quantitative estimate of drug-likeness (QED) is 0.594. The first-order chi connectivity index (χ1) is 12.1. The molecule has 25 heavy (non-hydrogen) atoms. The van der Waals surface area contributed by atoms with Gasteiger partial charge in [-0.05, 0) is 36.6 Å². The van der Waals surface area contributed by atoms with Gasteiger partial charge in [-0.1, -0.05) is 29.3 Å². The van der Waals surface area contributed by atoms with Crippen LogP contribution >= 0.6 is 22.9 Å². The monoisotopic (exact) mass is 374 g/mol. The lowest BCUT2D eigenvalue weighted by Crippen LogP contribution is -2.33. The third-order valence-corrected chi connectivity index (χ3v) is 5.13. The van der Waals surface area contributed by atoms with Crippen molar-refractivity contribution < 1.29 is 9.53 Å². The number of aryl methyl sites for hydroxylation is 1. The SMILES string of the molecule is COCCN(Cc1cc2cc(C)ccc2nc1Cl)C(=O)c1cccs1. The number of halogens is 1. The minimum atomic E-state index is -0.0209. The van der Waals surface area contributed by atoms with Crippen LogP contribution in [0.25, 0.3) is 10.9 Å². The van der Waals surface area contributed by atoms with E-state index in [2.05, 4.69) is 11.1 Å². The summed E-state index contributed by atoms with van der Waals surface area (Å²) in [5.74, 6) is -0.0209. The Morgan fingerprint density at radius 1 is 1.32 bits per heavy atom. The van der Waals surface area contributed by atoms with E-state index in [-0.39, 0.29) is 5.91 Å². The number of methoxy groups -OCH3 is 1. The summed E-state index contributed by atoms with van der Waals surface area (Å²) in [6.07, 6.45) is 0. The summed E-state index contributed by atoms with van der Waals surface area (Å²) in [5.41, 5.74) is 2.85. The fourth-order valence-corrected chi connectivity index (χ4v) is 3.54. The van der Waals surface area contributed by atoms with Crippen molar-refractivity contribution in [2.75, 3.05) is 20.3 Å². The van der Waals surface area contributed by atoms with Crippen LogP contribution in [0.15, 0.2) is 41.8 Å². The highest BCUT2D eigenvalue weighted by molar-refractivity contribution is 7.12. The molecular formula is C19H19ClN2O2S. The first-order valence-electron chi connectivity index (χ1n) is 7.96. The van der Waals surface area contributed by atoms with E-state index >= 15 is 0 Å². The summed E-state index contributed by atoms with van der Waals surface area (Å²) in [4.78, 5) is 19.7. The first kappa shape index (κ1) is 17.9. The second-order valence-corrected chi connectivity index (χ2v) is 7.14. The summed E-state index contributed by atoms with van der Waals surface area (Å²) < 4.78 is 5.15. The molecule has 0 unspecified atom stereocenters. The lowest BCUT2D eigenvalue weighted by molar-refractivity contribution is 0.0685. The molecule has 2 heterocycles. The number of thiophene rings is 1. The van der Waals surface area contributed by atoms with E-state index in [1.165, 1.54) is 11.3 Å². The molecule has 0 aliphatic carbocycles. The van der Waals surface area contributed by atoms with Crippen LogP contribution in [0.5, 0.6) is 0 Å². The van der Waals surface area contributed by atoms with E-state index in [0.717, 1.165) is 22.0 Å². The standard InChI is InChI=1S/C19H19ClN2O2S/c1-13-5-6-16-14(10-13)11-15(18(20)21-16)12-22(7-8-24-2)19(23)17-4-3-9-25-17/h3-6,9-11H,7-8,12H2,1-2H3. The third kappa shape index (κ3) is 4.18. The van der Waals surface area contributed by atoms with Gasteiger partial charge in [0.05, 0.1) is 17.0 Å². The van der Waals surface area contributed by atoms with E-state index in [9.17, 15) is 4.79 Å². The molecule has 0 saturated carbocycles. The van der Waals surface area contributed by atoms with E-state index < -0.39 is 0 Å². The Morgan fingerprint density at radius 3 is 2.88 bits per heavy atom. The molecule has 0 aliphatic rings. The van der Waals surface area contributed by atoms with Crippen LogP contribution in [0, 0.1) is 6.92 Å². The molecule has 0 saturated heterocycles. The lowest BCUT2D eigenvalue weighted by Gasteiger charge is -2.22. The molecule has 1 aromatic carbocycles. The van der Waals surface area contributed by atoms with E-state index in [1.807, 2.05) is 42.6 Å². The minimum Gasteiger partial charge on any atom is -0.383 e. The van der Waals surface area contributed by atoms with Crippen molar-refractivity contribution in [1.29, 1.82) is 0 Å². The molecule has 2 aromatic heterocycles. The topological polar surface area (TPSA) is 42.4 Å². The summed E-state index contributed by atoms with van der Waals surface area (Å²) in [6.45, 7) is 3.40. The Morgan fingerprint density at radius 2 is 2.16 bits per heavy atom. The Bertz CT molecular complexity index is 881. The summed E-state index contributed by atoms with van der Waals surface area (Å²) in [6, 6.07) is 11.8. The second kappa shape index (κ2) is 7.95. The van der Waals surface area contributed by atoms with Crippen molar-refractivity contribution in [3.8, 4) is 0 Å². The molecule has 4 nitrogen and oxygen atoms in total. The highest BCUT2D eigenvalue weighted by Crippen LogP contribution is 2.24. The average molecular weight is 375 g/mol. The van der Waals surface area contributed by atoms with Gasteiger partial charge < -0.3 is 9.64 Å². The molecule has 0 N–H and O–H groups in total. The van der Waals surface area contributed by atoms with Crippen LogP contribution in [0.1, 0.15) is 20.8 Å². The maximum Gasteiger partial charge on any atom is 0.264 e. The molecule has 0 bridgehead atoms. The molecular weight excluding hydrogens is 356 g/mol. The first-order valence-corrected chi connectivity index (χ1v) is 9.22. The molecule has 0 aliphatic heterocycles. The molecule has 3 aromatic rings. The fourth-order valence-electron chi connectivity index (χ4n) is 2.64. The van der Waals surface area contributed by atoms with Crippen LogP contribution in [0.3, 0.4) is 0 Å². The van der Waals surface area contributed by atoms with Gasteiger partial charge in [0.25, 0.3) is 5.91 Å². The van der Waals surface area contributed by atoms with Gasteiger partial charge in [0, 0.05) is 31.1 Å². The molecule has 130 valence electrons. The number of amides is 1.